The molecule has 6 nitrogen and oxygen atoms in total. The molecular weight excluding hydrogens is 206 g/mol. The van der Waals surface area contributed by atoms with Crippen molar-refractivity contribution >= 4 is 5.95 Å². The summed E-state index contributed by atoms with van der Waals surface area (Å²) < 4.78 is 6.92. The summed E-state index contributed by atoms with van der Waals surface area (Å²) in [4.78, 5) is 0. The smallest absolute Gasteiger partial charge is 0.238 e. The second-order valence-electron chi connectivity index (χ2n) is 3.28. The predicted molar refractivity (Wildman–Crippen MR) is 60.8 cm³/mol. The molecule has 16 heavy (non-hydrogen) atoms. The first-order valence-corrected chi connectivity index (χ1v) is 4.76. The molecule has 0 bridgehead atoms. The van der Waals surface area contributed by atoms with Gasteiger partial charge in [-0.05, 0) is 12.1 Å². The van der Waals surface area contributed by atoms with E-state index in [0.717, 1.165) is 17.1 Å². The maximum atomic E-state index is 5.30. The molecule has 0 saturated carbocycles. The molecule has 0 atom stereocenters. The van der Waals surface area contributed by atoms with Gasteiger partial charge in [-0.2, -0.15) is 0 Å². The van der Waals surface area contributed by atoms with Gasteiger partial charge in [0.1, 0.15) is 5.75 Å². The van der Waals surface area contributed by atoms with E-state index in [1.807, 2.05) is 31.3 Å². The number of rotatable bonds is 3. The molecule has 6 heteroatoms. The van der Waals surface area contributed by atoms with Gasteiger partial charge in [0.15, 0.2) is 5.82 Å². The Labute approximate surface area is 93.0 Å². The zero-order chi connectivity index (χ0) is 11.5. The molecule has 1 heterocycles. The lowest BCUT2D eigenvalue weighted by atomic mass is 10.2. The molecule has 3 N–H and O–H groups in total. The van der Waals surface area contributed by atoms with Crippen molar-refractivity contribution in [2.75, 3.05) is 12.5 Å². The van der Waals surface area contributed by atoms with Gasteiger partial charge in [0.05, 0.1) is 7.11 Å². The number of nitrogens with two attached hydrogens (primary N) is 1. The Morgan fingerprint density at radius 3 is 2.81 bits per heavy atom. The molecular formula is C10H13N5O. The minimum Gasteiger partial charge on any atom is -0.497 e. The Morgan fingerprint density at radius 1 is 1.38 bits per heavy atom. The summed E-state index contributed by atoms with van der Waals surface area (Å²) in [6.45, 7) is 0. The molecule has 0 radical (unpaired) electrons. The molecule has 0 aliphatic carbocycles. The number of nitrogen functional groups attached to an aromatic ring is 1. The number of nitrogens with one attached hydrogen (secondary N) is 1. The van der Waals surface area contributed by atoms with E-state index in [9.17, 15) is 0 Å². The third kappa shape index (κ3) is 1.70. The molecule has 0 unspecified atom stereocenters. The third-order valence-electron chi connectivity index (χ3n) is 2.33. The summed E-state index contributed by atoms with van der Waals surface area (Å²) in [5.74, 6) is 7.32. The van der Waals surface area contributed by atoms with Crippen LogP contribution in [0.2, 0.25) is 0 Å². The van der Waals surface area contributed by atoms with Crippen molar-refractivity contribution < 1.29 is 4.74 Å². The summed E-state index contributed by atoms with van der Waals surface area (Å²) in [5.41, 5.74) is 3.40. The Kier molecular flexibility index (Phi) is 2.74. The Balaban J connectivity index is 2.45. The molecule has 2 aromatic rings. The lowest BCUT2D eigenvalue weighted by Crippen LogP contribution is -2.11. The topological polar surface area (TPSA) is 78.0 Å². The van der Waals surface area contributed by atoms with Crippen molar-refractivity contribution in [1.29, 1.82) is 0 Å². The van der Waals surface area contributed by atoms with Crippen LogP contribution < -0.4 is 16.0 Å². The lowest BCUT2D eigenvalue weighted by Gasteiger charge is -2.04. The summed E-state index contributed by atoms with van der Waals surface area (Å²) in [5, 5.41) is 7.95. The van der Waals surface area contributed by atoms with Crippen molar-refractivity contribution in [2.24, 2.45) is 12.9 Å². The quantitative estimate of drug-likeness (QED) is 0.589. The van der Waals surface area contributed by atoms with Crippen LogP contribution in [0.4, 0.5) is 5.95 Å². The zero-order valence-corrected chi connectivity index (χ0v) is 9.14. The number of ether oxygens (including phenoxy) is 1. The SMILES string of the molecule is COc1cccc(-c2nnc(NN)n2C)c1. The second kappa shape index (κ2) is 4.19. The number of benzene rings is 1. The Bertz CT molecular complexity index is 494. The lowest BCUT2D eigenvalue weighted by molar-refractivity contribution is 0.415. The summed E-state index contributed by atoms with van der Waals surface area (Å²) in [7, 11) is 3.46. The zero-order valence-electron chi connectivity index (χ0n) is 9.14. The highest BCUT2D eigenvalue weighted by atomic mass is 16.5. The summed E-state index contributed by atoms with van der Waals surface area (Å²) >= 11 is 0. The normalized spacial score (nSPS) is 10.2. The van der Waals surface area contributed by atoms with Crippen LogP contribution in [-0.4, -0.2) is 21.9 Å². The highest BCUT2D eigenvalue weighted by molar-refractivity contribution is 5.59. The molecule has 0 spiro atoms. The predicted octanol–water partition coefficient (Wildman–Crippen LogP) is 0.776. The van der Waals surface area contributed by atoms with E-state index in [1.165, 1.54) is 0 Å². The molecule has 0 saturated heterocycles. The first-order chi connectivity index (χ1) is 7.76. The number of anilines is 1. The Morgan fingerprint density at radius 2 is 2.19 bits per heavy atom. The van der Waals surface area contributed by atoms with Gasteiger partial charge < -0.3 is 4.74 Å². The second-order valence-corrected chi connectivity index (χ2v) is 3.28. The molecule has 84 valence electrons. The van der Waals surface area contributed by atoms with Crippen LogP contribution in [0, 0.1) is 0 Å². The van der Waals surface area contributed by atoms with Crippen molar-refractivity contribution in [2.45, 2.75) is 0 Å². The van der Waals surface area contributed by atoms with Crippen LogP contribution in [0.3, 0.4) is 0 Å². The van der Waals surface area contributed by atoms with E-state index in [-0.39, 0.29) is 0 Å². The number of hydrazine groups is 1. The van der Waals surface area contributed by atoms with Gasteiger partial charge in [-0.3, -0.25) is 9.99 Å². The number of aromatic nitrogens is 3. The van der Waals surface area contributed by atoms with Gasteiger partial charge in [-0.15, -0.1) is 10.2 Å². The van der Waals surface area contributed by atoms with Crippen LogP contribution in [-0.2, 0) is 7.05 Å². The fourth-order valence-corrected chi connectivity index (χ4v) is 1.47. The van der Waals surface area contributed by atoms with Gasteiger partial charge in [0, 0.05) is 12.6 Å². The number of hydrogen-bond acceptors (Lipinski definition) is 5. The molecule has 2 rings (SSSR count). The van der Waals surface area contributed by atoms with Crippen LogP contribution in [0.15, 0.2) is 24.3 Å². The van der Waals surface area contributed by atoms with Gasteiger partial charge in [0.25, 0.3) is 0 Å². The van der Waals surface area contributed by atoms with Crippen LogP contribution in [0.25, 0.3) is 11.4 Å². The molecule has 0 aliphatic rings. The van der Waals surface area contributed by atoms with Crippen molar-refractivity contribution in [3.8, 4) is 17.1 Å². The van der Waals surface area contributed by atoms with E-state index in [2.05, 4.69) is 15.6 Å². The van der Waals surface area contributed by atoms with Gasteiger partial charge in [-0.25, -0.2) is 5.84 Å². The largest absolute Gasteiger partial charge is 0.497 e. The van der Waals surface area contributed by atoms with Gasteiger partial charge >= 0.3 is 0 Å². The van der Waals surface area contributed by atoms with Crippen LogP contribution in [0.5, 0.6) is 5.75 Å². The van der Waals surface area contributed by atoms with Crippen molar-refractivity contribution in [1.82, 2.24) is 14.8 Å². The average molecular weight is 219 g/mol. The van der Waals surface area contributed by atoms with E-state index in [4.69, 9.17) is 10.6 Å². The molecule has 0 fully saturated rings. The number of methoxy groups -OCH3 is 1. The van der Waals surface area contributed by atoms with Crippen LogP contribution in [0.1, 0.15) is 0 Å². The first kappa shape index (κ1) is 10.4. The summed E-state index contributed by atoms with van der Waals surface area (Å²) in [6.07, 6.45) is 0. The standard InChI is InChI=1S/C10H13N5O/c1-15-9(13-14-10(15)12-11)7-4-3-5-8(6-7)16-2/h3-6H,11H2,1-2H3,(H,12,14). The minimum absolute atomic E-state index is 0.512. The van der Waals surface area contributed by atoms with Gasteiger partial charge in [-0.1, -0.05) is 12.1 Å². The molecule has 1 aromatic heterocycles. The summed E-state index contributed by atoms with van der Waals surface area (Å²) in [6, 6.07) is 7.61. The van der Waals surface area contributed by atoms with Crippen LogP contribution >= 0.6 is 0 Å². The van der Waals surface area contributed by atoms with E-state index >= 15 is 0 Å². The number of nitrogens with zero attached hydrogens (tertiary/aromatic N) is 3. The molecule has 0 aliphatic heterocycles. The maximum Gasteiger partial charge on any atom is 0.238 e. The maximum absolute atomic E-state index is 5.30. The highest BCUT2D eigenvalue weighted by Gasteiger charge is 2.09. The fraction of sp³-hybridized carbons (Fsp3) is 0.200. The van der Waals surface area contributed by atoms with Gasteiger partial charge in [0.2, 0.25) is 5.95 Å². The number of hydrogen-bond donors (Lipinski definition) is 2. The van der Waals surface area contributed by atoms with E-state index < -0.39 is 0 Å². The fourth-order valence-electron chi connectivity index (χ4n) is 1.47. The molecule has 1 aromatic carbocycles. The van der Waals surface area contributed by atoms with E-state index in [1.54, 1.807) is 11.7 Å². The van der Waals surface area contributed by atoms with Crippen molar-refractivity contribution in [3.05, 3.63) is 24.3 Å². The van der Waals surface area contributed by atoms with E-state index in [0.29, 0.717) is 5.95 Å². The minimum atomic E-state index is 0.512. The monoisotopic (exact) mass is 219 g/mol. The first-order valence-electron chi connectivity index (χ1n) is 4.76. The Hall–Kier alpha value is -2.08. The third-order valence-corrected chi connectivity index (χ3v) is 2.33. The average Bonchev–Trinajstić information content (AvgIpc) is 2.70. The highest BCUT2D eigenvalue weighted by Crippen LogP contribution is 2.22. The molecule has 0 amide bonds. The van der Waals surface area contributed by atoms with Crippen molar-refractivity contribution in [3.63, 3.8) is 0 Å².